The van der Waals surface area contributed by atoms with Crippen molar-refractivity contribution in [3.63, 3.8) is 0 Å². The number of anilines is 1. The van der Waals surface area contributed by atoms with Crippen molar-refractivity contribution in [1.29, 1.82) is 0 Å². The summed E-state index contributed by atoms with van der Waals surface area (Å²) in [6, 6.07) is 10.5. The fourth-order valence-electron chi connectivity index (χ4n) is 6.67. The molecule has 4 aromatic rings. The highest BCUT2D eigenvalue weighted by atomic mass is 32.1. The van der Waals surface area contributed by atoms with Crippen LogP contribution in [0.25, 0.3) is 28.2 Å². The number of aliphatic carboxylic acids is 1. The number of ether oxygens (including phenoxy) is 1. The van der Waals surface area contributed by atoms with Gasteiger partial charge in [0, 0.05) is 40.9 Å². The molecule has 1 atom stereocenters. The van der Waals surface area contributed by atoms with Crippen LogP contribution in [0.3, 0.4) is 0 Å². The second-order valence-corrected chi connectivity index (χ2v) is 14.9. The SMILES string of the molecule is Cc1nc2c(s1)CCCCCC1(C)CCN(CC1)c1c(C(OC(C)(C)C)C(=O)O)c(C)nc3cc(nn13)-c1cccc-2c1. The largest absolute Gasteiger partial charge is 0.479 e. The fourth-order valence-corrected chi connectivity index (χ4v) is 7.67. The molecular formula is C34H43N5O3S. The molecule has 0 saturated carbocycles. The highest BCUT2D eigenvalue weighted by Crippen LogP contribution is 2.42. The molecule has 0 aliphatic carbocycles. The number of rotatable bonds is 3. The molecule has 228 valence electrons. The summed E-state index contributed by atoms with van der Waals surface area (Å²) in [6.45, 7) is 13.7. The van der Waals surface area contributed by atoms with Gasteiger partial charge in [-0.3, -0.25) is 0 Å². The van der Waals surface area contributed by atoms with Crippen LogP contribution in [0, 0.1) is 19.3 Å². The van der Waals surface area contributed by atoms with Crippen LogP contribution >= 0.6 is 11.3 Å². The second-order valence-electron chi connectivity index (χ2n) is 13.6. The van der Waals surface area contributed by atoms with Crippen molar-refractivity contribution >= 4 is 28.8 Å². The van der Waals surface area contributed by atoms with E-state index >= 15 is 0 Å². The molecule has 1 saturated heterocycles. The standard InChI is InChI=1S/C34H43N5O3S/c1-21-28(30(32(40)41)42-33(3,4)5)31-38-17-15-34(6,16-18-38)14-9-7-8-13-26-29(36-22(2)43-26)24-12-10-11-23(19-24)25-20-27(35-21)39(31)37-25/h10-12,19-20,30H,7-9,13-18H2,1-6H3,(H,40,41). The van der Waals surface area contributed by atoms with Crippen LogP contribution in [0.5, 0.6) is 0 Å². The van der Waals surface area contributed by atoms with E-state index in [0.717, 1.165) is 65.7 Å². The van der Waals surface area contributed by atoms with Crippen LogP contribution in [-0.4, -0.2) is 49.3 Å². The van der Waals surface area contributed by atoms with E-state index in [2.05, 4.69) is 43.0 Å². The number of thiazole rings is 1. The number of aromatic nitrogens is 4. The number of hydrogen-bond acceptors (Lipinski definition) is 7. The molecule has 1 N–H and O–H groups in total. The van der Waals surface area contributed by atoms with Gasteiger partial charge in [0.25, 0.3) is 0 Å². The van der Waals surface area contributed by atoms with Gasteiger partial charge in [-0.2, -0.15) is 9.61 Å². The fraction of sp³-hybridized carbons (Fsp3) is 0.529. The van der Waals surface area contributed by atoms with E-state index in [0.29, 0.717) is 16.9 Å². The maximum Gasteiger partial charge on any atom is 0.337 e. The number of aryl methyl sites for hydroxylation is 3. The van der Waals surface area contributed by atoms with E-state index < -0.39 is 17.7 Å². The van der Waals surface area contributed by atoms with Gasteiger partial charge in [0.1, 0.15) is 5.82 Å². The van der Waals surface area contributed by atoms with Crippen LogP contribution < -0.4 is 4.90 Å². The van der Waals surface area contributed by atoms with E-state index in [9.17, 15) is 9.90 Å². The number of fused-ring (bicyclic) bond motifs is 6. The average Bonchev–Trinajstić information content (AvgIpc) is 3.53. The molecule has 6 bridgehead atoms. The Hall–Kier alpha value is -3.30. The molecular weight excluding hydrogens is 558 g/mol. The van der Waals surface area contributed by atoms with Crippen molar-refractivity contribution in [1.82, 2.24) is 19.6 Å². The van der Waals surface area contributed by atoms with Crippen molar-refractivity contribution in [2.75, 3.05) is 18.0 Å². The number of nitrogens with zero attached hydrogens (tertiary/aromatic N) is 5. The first-order chi connectivity index (χ1) is 20.4. The molecule has 0 amide bonds. The maximum atomic E-state index is 12.7. The van der Waals surface area contributed by atoms with Crippen LogP contribution in [0.1, 0.15) is 93.5 Å². The third-order valence-electron chi connectivity index (χ3n) is 8.95. The summed E-state index contributed by atoms with van der Waals surface area (Å²) in [5.41, 5.74) is 5.50. The van der Waals surface area contributed by atoms with Crippen LogP contribution in [0.2, 0.25) is 0 Å². The van der Waals surface area contributed by atoms with Crippen molar-refractivity contribution in [3.05, 3.63) is 51.5 Å². The molecule has 3 aliphatic heterocycles. The smallest absolute Gasteiger partial charge is 0.337 e. The van der Waals surface area contributed by atoms with Gasteiger partial charge in [0.15, 0.2) is 11.8 Å². The van der Waals surface area contributed by atoms with E-state index in [-0.39, 0.29) is 5.41 Å². The summed E-state index contributed by atoms with van der Waals surface area (Å²) in [6.07, 6.45) is 6.77. The van der Waals surface area contributed by atoms with Crippen molar-refractivity contribution < 1.29 is 14.6 Å². The van der Waals surface area contributed by atoms with Gasteiger partial charge in [-0.1, -0.05) is 38.0 Å². The van der Waals surface area contributed by atoms with Crippen LogP contribution in [0.4, 0.5) is 5.82 Å². The zero-order valence-corrected chi connectivity index (χ0v) is 27.1. The van der Waals surface area contributed by atoms with Crippen molar-refractivity contribution in [2.24, 2.45) is 5.41 Å². The third kappa shape index (κ3) is 6.07. The van der Waals surface area contributed by atoms with Gasteiger partial charge in [-0.25, -0.2) is 14.8 Å². The molecule has 1 aromatic carbocycles. The van der Waals surface area contributed by atoms with E-state index in [1.807, 2.05) is 49.6 Å². The van der Waals surface area contributed by atoms with Gasteiger partial charge < -0.3 is 14.7 Å². The van der Waals surface area contributed by atoms with Gasteiger partial charge in [0.05, 0.1) is 27.6 Å². The molecule has 43 heavy (non-hydrogen) atoms. The zero-order chi connectivity index (χ0) is 30.5. The van der Waals surface area contributed by atoms with E-state index in [1.54, 1.807) is 0 Å². The summed E-state index contributed by atoms with van der Waals surface area (Å²) in [5.74, 6) is -0.242. The molecule has 3 aromatic heterocycles. The minimum Gasteiger partial charge on any atom is -0.479 e. The Balaban J connectivity index is 1.55. The molecule has 9 heteroatoms. The Morgan fingerprint density at radius 3 is 2.51 bits per heavy atom. The number of benzene rings is 1. The number of hydrogen-bond donors (Lipinski definition) is 1. The summed E-state index contributed by atoms with van der Waals surface area (Å²) in [4.78, 5) is 26.3. The number of carboxylic acid groups (broad SMARTS) is 1. The first-order valence-corrected chi connectivity index (χ1v) is 16.4. The van der Waals surface area contributed by atoms with Crippen LogP contribution in [0.15, 0.2) is 30.3 Å². The number of piperidine rings is 1. The molecule has 6 heterocycles. The molecule has 1 unspecified atom stereocenters. The Morgan fingerprint density at radius 1 is 1.05 bits per heavy atom. The van der Waals surface area contributed by atoms with E-state index in [1.165, 1.54) is 30.6 Å². The topological polar surface area (TPSA) is 92.9 Å². The first-order valence-electron chi connectivity index (χ1n) is 15.5. The van der Waals surface area contributed by atoms with Gasteiger partial charge in [0.2, 0.25) is 0 Å². The minimum atomic E-state index is -1.17. The van der Waals surface area contributed by atoms with Gasteiger partial charge in [-0.05, 0) is 78.2 Å². The molecule has 1 fully saturated rings. The highest BCUT2D eigenvalue weighted by Gasteiger charge is 2.37. The lowest BCUT2D eigenvalue weighted by atomic mass is 9.76. The number of carboxylic acids is 1. The highest BCUT2D eigenvalue weighted by molar-refractivity contribution is 7.12. The monoisotopic (exact) mass is 601 g/mol. The molecule has 7 rings (SSSR count). The van der Waals surface area contributed by atoms with Crippen molar-refractivity contribution in [2.45, 2.75) is 98.2 Å². The summed E-state index contributed by atoms with van der Waals surface area (Å²) in [5, 5.41) is 16.6. The third-order valence-corrected chi connectivity index (χ3v) is 9.98. The Kier molecular flexibility index (Phi) is 7.84. The summed E-state index contributed by atoms with van der Waals surface area (Å²) in [7, 11) is 0. The van der Waals surface area contributed by atoms with Gasteiger partial charge in [-0.15, -0.1) is 11.3 Å². The normalized spacial score (nSPS) is 18.0. The molecule has 8 nitrogen and oxygen atoms in total. The molecule has 3 aliphatic rings. The quantitative estimate of drug-likeness (QED) is 0.256. The Morgan fingerprint density at radius 2 is 1.79 bits per heavy atom. The lowest BCUT2D eigenvalue weighted by Crippen LogP contribution is -2.41. The predicted molar refractivity (Wildman–Crippen MR) is 172 cm³/mol. The summed E-state index contributed by atoms with van der Waals surface area (Å²) < 4.78 is 8.06. The zero-order valence-electron chi connectivity index (χ0n) is 26.2. The molecule has 0 radical (unpaired) electrons. The number of carbonyl (C=O) groups is 1. The maximum absolute atomic E-state index is 12.7. The summed E-state index contributed by atoms with van der Waals surface area (Å²) >= 11 is 1.81. The lowest BCUT2D eigenvalue weighted by Gasteiger charge is -2.41. The Bertz CT molecular complexity index is 1660. The lowest BCUT2D eigenvalue weighted by molar-refractivity contribution is -0.160. The average molecular weight is 602 g/mol. The minimum absolute atomic E-state index is 0.260. The van der Waals surface area contributed by atoms with Crippen LogP contribution in [-0.2, 0) is 16.0 Å². The van der Waals surface area contributed by atoms with E-state index in [4.69, 9.17) is 19.8 Å². The first kappa shape index (κ1) is 29.8. The molecule has 0 spiro atoms. The second kappa shape index (κ2) is 11.3. The van der Waals surface area contributed by atoms with Gasteiger partial charge >= 0.3 is 5.97 Å². The predicted octanol–water partition coefficient (Wildman–Crippen LogP) is 7.80. The van der Waals surface area contributed by atoms with Crippen molar-refractivity contribution in [3.8, 4) is 22.5 Å². The Labute approximate surface area is 258 Å².